The molecule has 7 nitrogen and oxygen atoms in total. The Kier molecular flexibility index (Phi) is 12.2. The van der Waals surface area contributed by atoms with Crippen molar-refractivity contribution in [3.63, 3.8) is 0 Å². The van der Waals surface area contributed by atoms with Crippen LogP contribution in [-0.2, 0) is 6.54 Å². The largest absolute Gasteiger partial charge is 0.497 e. The Morgan fingerprint density at radius 1 is 1.14 bits per heavy atom. The number of guanidine groups is 1. The second kappa shape index (κ2) is 14.1. The molecule has 2 aromatic rings. The highest BCUT2D eigenvalue weighted by molar-refractivity contribution is 14.0. The lowest BCUT2D eigenvalue weighted by Crippen LogP contribution is -2.38. The lowest BCUT2D eigenvalue weighted by atomic mass is 10.3. The van der Waals surface area contributed by atoms with Gasteiger partial charge >= 0.3 is 0 Å². The first kappa shape index (κ1) is 25.1. The fraction of sp³-hybridized carbons (Fsp3) is 0.524. The van der Waals surface area contributed by atoms with Crippen LogP contribution in [0, 0.1) is 13.8 Å². The molecule has 0 atom stereocenters. The van der Waals surface area contributed by atoms with Crippen molar-refractivity contribution < 1.29 is 9.47 Å². The van der Waals surface area contributed by atoms with Crippen LogP contribution >= 0.6 is 24.0 Å². The maximum absolute atomic E-state index is 5.75. The van der Waals surface area contributed by atoms with Crippen LogP contribution in [0.15, 0.2) is 35.3 Å². The summed E-state index contributed by atoms with van der Waals surface area (Å²) in [7, 11) is 1.65. The number of nitrogens with one attached hydrogen (secondary N) is 2. The minimum atomic E-state index is 0. The van der Waals surface area contributed by atoms with E-state index in [4.69, 9.17) is 9.47 Å². The van der Waals surface area contributed by atoms with Crippen molar-refractivity contribution in [3.05, 3.63) is 41.7 Å². The van der Waals surface area contributed by atoms with Crippen LogP contribution in [0.3, 0.4) is 0 Å². The molecule has 1 aromatic carbocycles. The molecular formula is C21H34IN5O2. The molecule has 1 heterocycles. The molecule has 0 spiro atoms. The number of hydrogen-bond acceptors (Lipinski definition) is 4. The van der Waals surface area contributed by atoms with Crippen LogP contribution in [0.2, 0.25) is 0 Å². The van der Waals surface area contributed by atoms with Gasteiger partial charge in [0, 0.05) is 44.4 Å². The van der Waals surface area contributed by atoms with Crippen LogP contribution in [0.4, 0.5) is 0 Å². The van der Waals surface area contributed by atoms with Crippen molar-refractivity contribution in [2.45, 2.75) is 40.2 Å². The summed E-state index contributed by atoms with van der Waals surface area (Å²) in [5, 5.41) is 11.2. The van der Waals surface area contributed by atoms with Crippen LogP contribution in [0.5, 0.6) is 11.5 Å². The Balaban J connectivity index is 0.00000420. The van der Waals surface area contributed by atoms with Crippen molar-refractivity contribution >= 4 is 29.9 Å². The number of aromatic nitrogens is 2. The topological polar surface area (TPSA) is 72.7 Å². The summed E-state index contributed by atoms with van der Waals surface area (Å²) in [6.45, 7) is 10.1. The molecule has 162 valence electrons. The van der Waals surface area contributed by atoms with Crippen LogP contribution in [-0.4, -0.2) is 49.1 Å². The number of aliphatic imine (C=N–C) groups is 1. The lowest BCUT2D eigenvalue weighted by molar-refractivity contribution is 0.311. The second-order valence-corrected chi connectivity index (χ2v) is 6.57. The summed E-state index contributed by atoms with van der Waals surface area (Å²) in [5.41, 5.74) is 2.27. The predicted octanol–water partition coefficient (Wildman–Crippen LogP) is 3.54. The average molecular weight is 515 g/mol. The molecule has 1 aromatic heterocycles. The molecule has 0 amide bonds. The number of ether oxygens (including phenoxy) is 2. The van der Waals surface area contributed by atoms with Gasteiger partial charge in [-0.2, -0.15) is 5.10 Å². The molecule has 0 unspecified atom stereocenters. The number of rotatable bonds is 11. The molecule has 0 aliphatic carbocycles. The second-order valence-electron chi connectivity index (χ2n) is 6.57. The van der Waals surface area contributed by atoms with Gasteiger partial charge in [0.1, 0.15) is 11.5 Å². The Morgan fingerprint density at radius 3 is 2.62 bits per heavy atom. The minimum absolute atomic E-state index is 0. The highest BCUT2D eigenvalue weighted by Gasteiger charge is 2.02. The zero-order chi connectivity index (χ0) is 20.2. The standard InChI is InChI=1S/C21H33N5O2.HI/c1-5-22-21(23-11-7-13-26-18(3)15-17(2)25-26)24-12-8-14-28-20-10-6-9-19(16-20)27-4;/h6,9-10,15-16H,5,7-8,11-14H2,1-4H3,(H2,22,23,24);1H. The first-order valence-corrected chi connectivity index (χ1v) is 9.92. The van der Waals surface area contributed by atoms with E-state index in [1.54, 1.807) is 7.11 Å². The number of nitrogens with zero attached hydrogens (tertiary/aromatic N) is 3. The monoisotopic (exact) mass is 515 g/mol. The van der Waals surface area contributed by atoms with Crippen molar-refractivity contribution in [3.8, 4) is 11.5 Å². The highest BCUT2D eigenvalue weighted by Crippen LogP contribution is 2.18. The summed E-state index contributed by atoms with van der Waals surface area (Å²) >= 11 is 0. The molecule has 0 bridgehead atoms. The van der Waals surface area contributed by atoms with Crippen LogP contribution < -0.4 is 20.1 Å². The third-order valence-electron chi connectivity index (χ3n) is 4.17. The SMILES string of the molecule is CCNC(=NCCCOc1cccc(OC)c1)NCCCn1nc(C)cc1C.I. The normalized spacial score (nSPS) is 11.0. The van der Waals surface area contributed by atoms with E-state index in [0.717, 1.165) is 55.6 Å². The predicted molar refractivity (Wildman–Crippen MR) is 129 cm³/mol. The van der Waals surface area contributed by atoms with Gasteiger partial charge in [0.15, 0.2) is 5.96 Å². The van der Waals surface area contributed by atoms with Crippen molar-refractivity contribution in [1.29, 1.82) is 0 Å². The molecule has 0 fully saturated rings. The van der Waals surface area contributed by atoms with Gasteiger partial charge in [0.25, 0.3) is 0 Å². The van der Waals surface area contributed by atoms with Gasteiger partial charge in [-0.1, -0.05) is 6.07 Å². The van der Waals surface area contributed by atoms with Gasteiger partial charge in [-0.15, -0.1) is 24.0 Å². The first-order valence-electron chi connectivity index (χ1n) is 9.92. The summed E-state index contributed by atoms with van der Waals surface area (Å²) in [6.07, 6.45) is 1.84. The van der Waals surface area contributed by atoms with E-state index in [1.807, 2.05) is 31.2 Å². The van der Waals surface area contributed by atoms with E-state index in [-0.39, 0.29) is 24.0 Å². The first-order chi connectivity index (χ1) is 13.6. The minimum Gasteiger partial charge on any atom is -0.497 e. The van der Waals surface area contributed by atoms with E-state index < -0.39 is 0 Å². The molecule has 0 radical (unpaired) electrons. The Hall–Kier alpha value is -1.97. The molecule has 0 saturated carbocycles. The van der Waals surface area contributed by atoms with E-state index in [1.165, 1.54) is 5.69 Å². The van der Waals surface area contributed by atoms with Crippen molar-refractivity contribution in [1.82, 2.24) is 20.4 Å². The summed E-state index contributed by atoms with van der Waals surface area (Å²) in [6, 6.07) is 9.75. The Morgan fingerprint density at radius 2 is 1.93 bits per heavy atom. The van der Waals surface area contributed by atoms with E-state index in [2.05, 4.69) is 45.3 Å². The third-order valence-corrected chi connectivity index (χ3v) is 4.17. The number of aryl methyl sites for hydroxylation is 3. The van der Waals surface area contributed by atoms with Crippen molar-refractivity contribution in [2.24, 2.45) is 4.99 Å². The van der Waals surface area contributed by atoms with Gasteiger partial charge in [-0.3, -0.25) is 9.67 Å². The highest BCUT2D eigenvalue weighted by atomic mass is 127. The molecule has 8 heteroatoms. The number of methoxy groups -OCH3 is 1. The van der Waals surface area contributed by atoms with Crippen LogP contribution in [0.1, 0.15) is 31.2 Å². The molecule has 0 saturated heterocycles. The van der Waals surface area contributed by atoms with Gasteiger partial charge in [-0.25, -0.2) is 0 Å². The van der Waals surface area contributed by atoms with Gasteiger partial charge in [0.2, 0.25) is 0 Å². The fourth-order valence-corrected chi connectivity index (χ4v) is 2.82. The molecule has 0 aliphatic rings. The van der Waals surface area contributed by atoms with Gasteiger partial charge in [0.05, 0.1) is 19.4 Å². The average Bonchev–Trinajstić information content (AvgIpc) is 3.02. The van der Waals surface area contributed by atoms with Crippen molar-refractivity contribution in [2.75, 3.05) is 33.4 Å². The summed E-state index contributed by atoms with van der Waals surface area (Å²) < 4.78 is 13.0. The molecular weight excluding hydrogens is 481 g/mol. The summed E-state index contributed by atoms with van der Waals surface area (Å²) in [4.78, 5) is 4.61. The smallest absolute Gasteiger partial charge is 0.191 e. The van der Waals surface area contributed by atoms with E-state index in [0.29, 0.717) is 13.2 Å². The lowest BCUT2D eigenvalue weighted by Gasteiger charge is -2.12. The zero-order valence-corrected chi connectivity index (χ0v) is 20.2. The quantitative estimate of drug-likeness (QED) is 0.207. The fourth-order valence-electron chi connectivity index (χ4n) is 2.82. The van der Waals surface area contributed by atoms with E-state index >= 15 is 0 Å². The Labute approximate surface area is 191 Å². The number of hydrogen-bond donors (Lipinski definition) is 2. The molecule has 2 rings (SSSR count). The third kappa shape index (κ3) is 9.38. The molecule has 2 N–H and O–H groups in total. The zero-order valence-electron chi connectivity index (χ0n) is 17.9. The Bertz CT molecular complexity index is 748. The van der Waals surface area contributed by atoms with Crippen LogP contribution in [0.25, 0.3) is 0 Å². The summed E-state index contributed by atoms with van der Waals surface area (Å²) in [5.74, 6) is 2.46. The number of benzene rings is 1. The van der Waals surface area contributed by atoms with Gasteiger partial charge in [-0.05, 0) is 45.4 Å². The van der Waals surface area contributed by atoms with E-state index in [9.17, 15) is 0 Å². The van der Waals surface area contributed by atoms with Gasteiger partial charge < -0.3 is 20.1 Å². The molecule has 29 heavy (non-hydrogen) atoms. The molecule has 0 aliphatic heterocycles. The maximum atomic E-state index is 5.75. The maximum Gasteiger partial charge on any atom is 0.191 e. The number of halogens is 1.